The van der Waals surface area contributed by atoms with Gasteiger partial charge in [-0.3, -0.25) is 14.6 Å². The van der Waals surface area contributed by atoms with E-state index in [0.29, 0.717) is 23.9 Å². The van der Waals surface area contributed by atoms with Crippen LogP contribution in [0.1, 0.15) is 68.1 Å². The van der Waals surface area contributed by atoms with Gasteiger partial charge in [0.15, 0.2) is 11.3 Å². The zero-order chi connectivity index (χ0) is 26.6. The van der Waals surface area contributed by atoms with Gasteiger partial charge in [-0.15, -0.1) is 0 Å². The highest BCUT2D eigenvalue weighted by molar-refractivity contribution is 6.00. The van der Waals surface area contributed by atoms with Crippen LogP contribution in [0.5, 0.6) is 5.75 Å². The maximum atomic E-state index is 13.8. The van der Waals surface area contributed by atoms with Crippen LogP contribution in [0.4, 0.5) is 4.39 Å². The molecule has 36 heavy (non-hydrogen) atoms. The highest BCUT2D eigenvalue weighted by Gasteiger charge is 2.31. The van der Waals surface area contributed by atoms with Crippen molar-refractivity contribution in [1.29, 1.82) is 0 Å². The Hall–Kier alpha value is -3.99. The SMILES string of the molecule is CCC#Cc1cc(F)ccc1Cc1cnc2c(OC(=O)C(C)(C)C)c(C(=O)OCC)c(=O)n(C)c2c1. The molecule has 1 aromatic carbocycles. The van der Waals surface area contributed by atoms with Crippen LogP contribution in [-0.2, 0) is 23.0 Å². The van der Waals surface area contributed by atoms with Gasteiger partial charge < -0.3 is 14.0 Å². The number of aryl methyl sites for hydroxylation is 1. The summed E-state index contributed by atoms with van der Waals surface area (Å²) in [5.74, 6) is 3.81. The van der Waals surface area contributed by atoms with Gasteiger partial charge in [0.05, 0.1) is 17.5 Å². The molecule has 3 aromatic rings. The molecule has 0 amide bonds. The molecule has 0 saturated heterocycles. The van der Waals surface area contributed by atoms with Gasteiger partial charge in [-0.2, -0.15) is 0 Å². The molecular formula is C28H29FN2O5. The van der Waals surface area contributed by atoms with Crippen LogP contribution in [0.3, 0.4) is 0 Å². The number of halogens is 1. The molecule has 7 nitrogen and oxygen atoms in total. The molecule has 0 atom stereocenters. The van der Waals surface area contributed by atoms with Crippen LogP contribution in [0, 0.1) is 23.1 Å². The molecule has 0 aliphatic heterocycles. The van der Waals surface area contributed by atoms with Gasteiger partial charge in [-0.1, -0.05) is 24.8 Å². The van der Waals surface area contributed by atoms with Gasteiger partial charge in [0.1, 0.15) is 11.3 Å². The molecule has 2 heterocycles. The van der Waals surface area contributed by atoms with E-state index in [9.17, 15) is 18.8 Å². The Bertz CT molecular complexity index is 1460. The van der Waals surface area contributed by atoms with E-state index in [-0.39, 0.29) is 29.3 Å². The van der Waals surface area contributed by atoms with E-state index in [1.807, 2.05) is 6.92 Å². The minimum absolute atomic E-state index is 0.0416. The lowest BCUT2D eigenvalue weighted by Crippen LogP contribution is -2.31. The van der Waals surface area contributed by atoms with E-state index >= 15 is 0 Å². The van der Waals surface area contributed by atoms with Crippen molar-refractivity contribution < 1.29 is 23.5 Å². The fourth-order valence-corrected chi connectivity index (χ4v) is 3.47. The monoisotopic (exact) mass is 492 g/mol. The van der Waals surface area contributed by atoms with Crippen LogP contribution < -0.4 is 10.3 Å². The van der Waals surface area contributed by atoms with Crippen molar-refractivity contribution in [3.63, 3.8) is 0 Å². The van der Waals surface area contributed by atoms with E-state index in [2.05, 4.69) is 16.8 Å². The van der Waals surface area contributed by atoms with Crippen LogP contribution in [0.25, 0.3) is 11.0 Å². The molecule has 0 radical (unpaired) electrons. The molecule has 3 rings (SSSR count). The third kappa shape index (κ3) is 5.62. The molecule has 0 spiro atoms. The van der Waals surface area contributed by atoms with Crippen molar-refractivity contribution in [2.24, 2.45) is 12.5 Å². The first-order valence-electron chi connectivity index (χ1n) is 11.7. The van der Waals surface area contributed by atoms with Crippen LogP contribution in [-0.4, -0.2) is 28.1 Å². The Balaban J connectivity index is 2.20. The lowest BCUT2D eigenvalue weighted by atomic mass is 9.97. The standard InChI is InChI=1S/C28H29FN2O5/c1-7-9-10-18-15-20(29)12-11-19(18)13-17-14-21-23(30-16-17)24(36-27(34)28(3,4)5)22(25(32)31(21)6)26(33)35-8-2/h11-12,14-16H,7-8,13H2,1-6H3. The average Bonchev–Trinajstić information content (AvgIpc) is 2.82. The van der Waals surface area contributed by atoms with Crippen LogP contribution >= 0.6 is 0 Å². The quantitative estimate of drug-likeness (QED) is 0.384. The van der Waals surface area contributed by atoms with Crippen molar-refractivity contribution in [3.8, 4) is 17.6 Å². The maximum absolute atomic E-state index is 13.8. The number of carbonyl (C=O) groups is 2. The number of esters is 2. The topological polar surface area (TPSA) is 87.5 Å². The van der Waals surface area contributed by atoms with E-state index in [1.165, 1.54) is 23.7 Å². The van der Waals surface area contributed by atoms with Gasteiger partial charge in [-0.25, -0.2) is 9.18 Å². The molecule has 0 bridgehead atoms. The highest BCUT2D eigenvalue weighted by atomic mass is 19.1. The summed E-state index contributed by atoms with van der Waals surface area (Å²) in [7, 11) is 1.50. The predicted octanol–water partition coefficient (Wildman–Crippen LogP) is 4.55. The van der Waals surface area contributed by atoms with Gasteiger partial charge in [-0.05, 0) is 57.0 Å². The van der Waals surface area contributed by atoms with E-state index < -0.39 is 22.9 Å². The Morgan fingerprint density at radius 3 is 2.53 bits per heavy atom. The zero-order valence-corrected chi connectivity index (χ0v) is 21.3. The number of rotatable bonds is 5. The molecule has 0 saturated carbocycles. The van der Waals surface area contributed by atoms with E-state index in [0.717, 1.165) is 11.1 Å². The number of carbonyl (C=O) groups excluding carboxylic acids is 2. The second-order valence-corrected chi connectivity index (χ2v) is 9.27. The minimum atomic E-state index is -0.895. The highest BCUT2D eigenvalue weighted by Crippen LogP contribution is 2.30. The third-order valence-corrected chi connectivity index (χ3v) is 5.40. The van der Waals surface area contributed by atoms with E-state index in [4.69, 9.17) is 9.47 Å². The normalized spacial score (nSPS) is 11.1. The molecule has 8 heteroatoms. The number of hydrogen-bond donors (Lipinski definition) is 0. The molecule has 0 fully saturated rings. The summed E-state index contributed by atoms with van der Waals surface area (Å²) in [6.45, 7) is 8.55. The lowest BCUT2D eigenvalue weighted by molar-refractivity contribution is -0.142. The molecule has 2 aromatic heterocycles. The second kappa shape index (κ2) is 10.7. The Kier molecular flexibility index (Phi) is 7.93. The molecule has 0 aliphatic carbocycles. The van der Waals surface area contributed by atoms with Crippen molar-refractivity contribution >= 4 is 23.0 Å². The summed E-state index contributed by atoms with van der Waals surface area (Å²) >= 11 is 0. The molecule has 0 aliphatic rings. The first-order chi connectivity index (χ1) is 17.0. The first kappa shape index (κ1) is 26.6. The summed E-state index contributed by atoms with van der Waals surface area (Å²) in [5.41, 5.74) is 0.679. The summed E-state index contributed by atoms with van der Waals surface area (Å²) in [5, 5.41) is 0. The zero-order valence-electron chi connectivity index (χ0n) is 21.3. The summed E-state index contributed by atoms with van der Waals surface area (Å²) in [6, 6.07) is 6.15. The Morgan fingerprint density at radius 1 is 1.17 bits per heavy atom. The van der Waals surface area contributed by atoms with Crippen molar-refractivity contribution in [2.75, 3.05) is 6.61 Å². The number of aromatic nitrogens is 2. The number of pyridine rings is 2. The van der Waals surface area contributed by atoms with Gasteiger partial charge in [0.2, 0.25) is 0 Å². The van der Waals surface area contributed by atoms with Gasteiger partial charge in [0.25, 0.3) is 5.56 Å². The summed E-state index contributed by atoms with van der Waals surface area (Å²) < 4.78 is 25.7. The number of benzene rings is 1. The van der Waals surface area contributed by atoms with Crippen molar-refractivity contribution in [2.45, 2.75) is 47.5 Å². The summed E-state index contributed by atoms with van der Waals surface area (Å²) in [6.07, 6.45) is 2.58. The van der Waals surface area contributed by atoms with Crippen molar-refractivity contribution in [1.82, 2.24) is 9.55 Å². The third-order valence-electron chi connectivity index (χ3n) is 5.40. The first-order valence-corrected chi connectivity index (χ1v) is 11.7. The second-order valence-electron chi connectivity index (χ2n) is 9.27. The smallest absolute Gasteiger partial charge is 0.347 e. The Morgan fingerprint density at radius 2 is 1.89 bits per heavy atom. The molecule has 188 valence electrons. The fraction of sp³-hybridized carbons (Fsp3) is 0.357. The average molecular weight is 493 g/mol. The molecule has 0 unspecified atom stereocenters. The minimum Gasteiger partial charge on any atom is -0.462 e. The fourth-order valence-electron chi connectivity index (χ4n) is 3.47. The number of nitrogens with zero attached hydrogens (tertiary/aromatic N) is 2. The van der Waals surface area contributed by atoms with Crippen molar-refractivity contribution in [3.05, 3.63) is 68.9 Å². The molecule has 0 N–H and O–H groups in total. The largest absolute Gasteiger partial charge is 0.462 e. The van der Waals surface area contributed by atoms with Crippen LogP contribution in [0.15, 0.2) is 35.3 Å². The van der Waals surface area contributed by atoms with Gasteiger partial charge >= 0.3 is 11.9 Å². The van der Waals surface area contributed by atoms with Crippen LogP contribution in [0.2, 0.25) is 0 Å². The maximum Gasteiger partial charge on any atom is 0.347 e. The molecular weight excluding hydrogens is 463 g/mol. The predicted molar refractivity (Wildman–Crippen MR) is 134 cm³/mol. The number of hydrogen-bond acceptors (Lipinski definition) is 6. The Labute approximate surface area is 209 Å². The number of fused-ring (bicyclic) bond motifs is 1. The number of ether oxygens (including phenoxy) is 2. The van der Waals surface area contributed by atoms with E-state index in [1.54, 1.807) is 46.0 Å². The van der Waals surface area contributed by atoms with Gasteiger partial charge in [0, 0.05) is 31.6 Å². The summed E-state index contributed by atoms with van der Waals surface area (Å²) in [4.78, 5) is 43.1. The lowest BCUT2D eigenvalue weighted by Gasteiger charge is -2.19.